The van der Waals surface area contributed by atoms with Gasteiger partial charge in [0, 0.05) is 11.8 Å². The number of aliphatic carboxylic acids is 1. The van der Waals surface area contributed by atoms with Crippen molar-refractivity contribution in [2.45, 2.75) is 13.3 Å². The molecule has 1 heterocycles. The van der Waals surface area contributed by atoms with Crippen molar-refractivity contribution in [1.29, 1.82) is 0 Å². The van der Waals surface area contributed by atoms with Crippen LogP contribution in [0.2, 0.25) is 0 Å². The highest BCUT2D eigenvalue weighted by molar-refractivity contribution is 5.70. The molecule has 0 saturated heterocycles. The van der Waals surface area contributed by atoms with E-state index in [2.05, 4.69) is 5.10 Å². The molecular weight excluding hydrogens is 223 g/mol. The number of benzene rings is 1. The standard InChI is InChI=1S/C12H11FN2O2/c1-8-9(6-12(16)17)7-15(14-8)11-4-2-10(13)3-5-11/h2-5,7H,6H2,1H3,(H,16,17). The Balaban J connectivity index is 2.34. The normalized spacial score (nSPS) is 10.5. The number of hydrogen-bond donors (Lipinski definition) is 1. The lowest BCUT2D eigenvalue weighted by Crippen LogP contribution is -2.00. The molecule has 1 aromatic carbocycles. The number of aryl methyl sites for hydroxylation is 1. The summed E-state index contributed by atoms with van der Waals surface area (Å²) in [5.74, 6) is -1.21. The molecule has 0 aliphatic rings. The van der Waals surface area contributed by atoms with Gasteiger partial charge >= 0.3 is 5.97 Å². The molecule has 0 radical (unpaired) electrons. The van der Waals surface area contributed by atoms with Gasteiger partial charge in [-0.05, 0) is 31.2 Å². The van der Waals surface area contributed by atoms with E-state index in [1.807, 2.05) is 0 Å². The van der Waals surface area contributed by atoms with Crippen LogP contribution in [-0.2, 0) is 11.2 Å². The number of nitrogens with zero attached hydrogens (tertiary/aromatic N) is 2. The van der Waals surface area contributed by atoms with Crippen molar-refractivity contribution < 1.29 is 14.3 Å². The van der Waals surface area contributed by atoms with Gasteiger partial charge in [0.1, 0.15) is 5.82 Å². The van der Waals surface area contributed by atoms with Crippen LogP contribution in [0.4, 0.5) is 4.39 Å². The van der Waals surface area contributed by atoms with Crippen LogP contribution < -0.4 is 0 Å². The zero-order valence-corrected chi connectivity index (χ0v) is 9.22. The number of carboxylic acid groups (broad SMARTS) is 1. The van der Waals surface area contributed by atoms with Crippen molar-refractivity contribution in [2.75, 3.05) is 0 Å². The van der Waals surface area contributed by atoms with Gasteiger partial charge in [-0.3, -0.25) is 4.79 Å². The Morgan fingerprint density at radius 1 is 1.41 bits per heavy atom. The Kier molecular flexibility index (Phi) is 2.91. The van der Waals surface area contributed by atoms with Gasteiger partial charge in [-0.2, -0.15) is 5.10 Å². The van der Waals surface area contributed by atoms with Crippen LogP contribution in [0.15, 0.2) is 30.5 Å². The summed E-state index contributed by atoms with van der Waals surface area (Å²) >= 11 is 0. The maximum atomic E-state index is 12.8. The lowest BCUT2D eigenvalue weighted by molar-refractivity contribution is -0.136. The number of carbonyl (C=O) groups is 1. The minimum atomic E-state index is -0.897. The topological polar surface area (TPSA) is 55.1 Å². The van der Waals surface area contributed by atoms with Gasteiger partial charge in [0.05, 0.1) is 17.8 Å². The van der Waals surface area contributed by atoms with E-state index in [-0.39, 0.29) is 12.2 Å². The predicted octanol–water partition coefficient (Wildman–Crippen LogP) is 1.95. The van der Waals surface area contributed by atoms with Crippen molar-refractivity contribution in [3.63, 3.8) is 0 Å². The quantitative estimate of drug-likeness (QED) is 0.883. The molecule has 2 rings (SSSR count). The smallest absolute Gasteiger partial charge is 0.307 e. The first-order valence-electron chi connectivity index (χ1n) is 5.09. The second-order valence-corrected chi connectivity index (χ2v) is 3.73. The highest BCUT2D eigenvalue weighted by Gasteiger charge is 2.09. The largest absolute Gasteiger partial charge is 0.481 e. The van der Waals surface area contributed by atoms with Gasteiger partial charge < -0.3 is 5.11 Å². The first kappa shape index (κ1) is 11.3. The SMILES string of the molecule is Cc1nn(-c2ccc(F)cc2)cc1CC(=O)O. The maximum absolute atomic E-state index is 12.8. The number of rotatable bonds is 3. The van der Waals surface area contributed by atoms with Crippen LogP contribution in [0.25, 0.3) is 5.69 Å². The van der Waals surface area contributed by atoms with E-state index in [0.29, 0.717) is 16.9 Å². The van der Waals surface area contributed by atoms with E-state index >= 15 is 0 Å². The molecule has 0 spiro atoms. The third-order valence-electron chi connectivity index (χ3n) is 2.43. The van der Waals surface area contributed by atoms with E-state index in [1.165, 1.54) is 12.1 Å². The van der Waals surface area contributed by atoms with Crippen LogP contribution in [0, 0.1) is 12.7 Å². The average Bonchev–Trinajstić information content (AvgIpc) is 2.60. The van der Waals surface area contributed by atoms with Crippen molar-refractivity contribution >= 4 is 5.97 Å². The summed E-state index contributed by atoms with van der Waals surface area (Å²) in [4.78, 5) is 10.6. The van der Waals surface area contributed by atoms with Crippen molar-refractivity contribution in [3.05, 3.63) is 47.5 Å². The maximum Gasteiger partial charge on any atom is 0.307 e. The van der Waals surface area contributed by atoms with E-state index in [9.17, 15) is 9.18 Å². The molecule has 1 N–H and O–H groups in total. The molecule has 2 aromatic rings. The zero-order chi connectivity index (χ0) is 12.4. The molecule has 0 bridgehead atoms. The number of carboxylic acids is 1. The summed E-state index contributed by atoms with van der Waals surface area (Å²) in [5.41, 5.74) is 2.02. The van der Waals surface area contributed by atoms with E-state index in [1.54, 1.807) is 29.9 Å². The fourth-order valence-electron chi connectivity index (χ4n) is 1.56. The van der Waals surface area contributed by atoms with Crippen molar-refractivity contribution in [3.8, 4) is 5.69 Å². The fraction of sp³-hybridized carbons (Fsp3) is 0.167. The Bertz CT molecular complexity index is 546. The molecule has 1 aromatic heterocycles. The second kappa shape index (κ2) is 4.37. The van der Waals surface area contributed by atoms with E-state index in [4.69, 9.17) is 5.11 Å². The lowest BCUT2D eigenvalue weighted by atomic mass is 10.2. The molecule has 0 aliphatic heterocycles. The molecule has 0 saturated carbocycles. The number of halogens is 1. The summed E-state index contributed by atoms with van der Waals surface area (Å²) < 4.78 is 14.3. The van der Waals surface area contributed by atoms with Crippen LogP contribution >= 0.6 is 0 Å². The molecule has 0 amide bonds. The second-order valence-electron chi connectivity index (χ2n) is 3.73. The van der Waals surface area contributed by atoms with Crippen molar-refractivity contribution in [2.24, 2.45) is 0 Å². The summed E-state index contributed by atoms with van der Waals surface area (Å²) in [6, 6.07) is 5.85. The first-order valence-corrected chi connectivity index (χ1v) is 5.09. The molecule has 0 atom stereocenters. The van der Waals surface area contributed by atoms with Gasteiger partial charge in [0.25, 0.3) is 0 Å². The van der Waals surface area contributed by atoms with Crippen LogP contribution in [0.5, 0.6) is 0 Å². The van der Waals surface area contributed by atoms with Gasteiger partial charge in [0.2, 0.25) is 0 Å². The summed E-state index contributed by atoms with van der Waals surface area (Å²) in [5, 5.41) is 12.9. The Morgan fingerprint density at radius 3 is 2.65 bits per heavy atom. The lowest BCUT2D eigenvalue weighted by Gasteiger charge is -1.99. The van der Waals surface area contributed by atoms with Gasteiger partial charge in [-0.1, -0.05) is 0 Å². The predicted molar refractivity (Wildman–Crippen MR) is 59.6 cm³/mol. The first-order chi connectivity index (χ1) is 8.06. The third-order valence-corrected chi connectivity index (χ3v) is 2.43. The fourth-order valence-corrected chi connectivity index (χ4v) is 1.56. The molecule has 4 nitrogen and oxygen atoms in total. The molecule has 88 valence electrons. The number of aromatic nitrogens is 2. The monoisotopic (exact) mass is 234 g/mol. The minimum absolute atomic E-state index is 0.0625. The molecule has 0 unspecified atom stereocenters. The third kappa shape index (κ3) is 2.50. The molecule has 0 fully saturated rings. The van der Waals surface area contributed by atoms with E-state index in [0.717, 1.165) is 0 Å². The average molecular weight is 234 g/mol. The van der Waals surface area contributed by atoms with Gasteiger partial charge in [-0.15, -0.1) is 0 Å². The molecule has 0 aliphatic carbocycles. The number of hydrogen-bond acceptors (Lipinski definition) is 2. The van der Waals surface area contributed by atoms with Crippen LogP contribution in [-0.4, -0.2) is 20.9 Å². The van der Waals surface area contributed by atoms with Gasteiger partial charge in [0.15, 0.2) is 0 Å². The van der Waals surface area contributed by atoms with Crippen LogP contribution in [0.3, 0.4) is 0 Å². The van der Waals surface area contributed by atoms with E-state index < -0.39 is 5.97 Å². The van der Waals surface area contributed by atoms with Gasteiger partial charge in [-0.25, -0.2) is 9.07 Å². The highest BCUT2D eigenvalue weighted by Crippen LogP contribution is 2.13. The Labute approximate surface area is 97.3 Å². The Hall–Kier alpha value is -2.17. The highest BCUT2D eigenvalue weighted by atomic mass is 19.1. The molecular formula is C12H11FN2O2. The summed E-state index contributed by atoms with van der Waals surface area (Å²) in [7, 11) is 0. The summed E-state index contributed by atoms with van der Waals surface area (Å²) in [6.45, 7) is 1.75. The van der Waals surface area contributed by atoms with Crippen LogP contribution in [0.1, 0.15) is 11.3 Å². The summed E-state index contributed by atoms with van der Waals surface area (Å²) in [6.07, 6.45) is 1.59. The zero-order valence-electron chi connectivity index (χ0n) is 9.22. The Morgan fingerprint density at radius 2 is 2.06 bits per heavy atom. The minimum Gasteiger partial charge on any atom is -0.481 e. The molecule has 17 heavy (non-hydrogen) atoms. The van der Waals surface area contributed by atoms with Crippen molar-refractivity contribution in [1.82, 2.24) is 9.78 Å². The molecule has 5 heteroatoms.